The molecule has 3 heterocycles. The van der Waals surface area contributed by atoms with Crippen LogP contribution in [0.15, 0.2) is 22.2 Å². The van der Waals surface area contributed by atoms with Crippen LogP contribution in [-0.2, 0) is 20.9 Å². The van der Waals surface area contributed by atoms with Gasteiger partial charge in [0.25, 0.3) is 5.91 Å². The quantitative estimate of drug-likeness (QED) is 0.577. The summed E-state index contributed by atoms with van der Waals surface area (Å²) in [7, 11) is 0. The summed E-state index contributed by atoms with van der Waals surface area (Å²) < 4.78 is 5.19. The van der Waals surface area contributed by atoms with Gasteiger partial charge in [-0.2, -0.15) is 11.3 Å². The second-order valence-corrected chi connectivity index (χ2v) is 7.57. The van der Waals surface area contributed by atoms with Crippen molar-refractivity contribution in [1.82, 2.24) is 15.2 Å². The number of esters is 1. The lowest BCUT2D eigenvalue weighted by Gasteiger charge is -2.22. The van der Waals surface area contributed by atoms with Gasteiger partial charge in [-0.25, -0.2) is 9.78 Å². The van der Waals surface area contributed by atoms with E-state index in [0.29, 0.717) is 18.5 Å². The van der Waals surface area contributed by atoms with E-state index in [1.807, 2.05) is 36.1 Å². The lowest BCUT2D eigenvalue weighted by Crippen LogP contribution is -2.46. The molecule has 0 aliphatic carbocycles. The Bertz CT molecular complexity index is 812. The van der Waals surface area contributed by atoms with Gasteiger partial charge in [0.2, 0.25) is 0 Å². The van der Waals surface area contributed by atoms with Crippen LogP contribution in [0.2, 0.25) is 0 Å². The minimum absolute atomic E-state index is 0.00974. The number of rotatable bonds is 7. The van der Waals surface area contributed by atoms with Crippen LogP contribution in [0.25, 0.3) is 10.6 Å². The standard InChI is InChI=1S/C17H19N3O4S2/c1-3-17(4-2)15(22)20(16(23)19-17)7-13(21)24-8-12-10-26-14(18-12)11-5-6-25-9-11/h5-6,9-10H,3-4,7-8H2,1-2H3,(H,19,23). The third kappa shape index (κ3) is 3.49. The first-order chi connectivity index (χ1) is 12.5. The maximum absolute atomic E-state index is 12.5. The lowest BCUT2D eigenvalue weighted by molar-refractivity contribution is -0.149. The number of aromatic nitrogens is 1. The maximum atomic E-state index is 12.5. The van der Waals surface area contributed by atoms with E-state index in [4.69, 9.17) is 4.74 Å². The number of nitrogens with one attached hydrogen (secondary N) is 1. The maximum Gasteiger partial charge on any atom is 0.326 e. The van der Waals surface area contributed by atoms with Gasteiger partial charge in [-0.15, -0.1) is 11.3 Å². The summed E-state index contributed by atoms with van der Waals surface area (Å²) in [6.07, 6.45) is 0.952. The average molecular weight is 393 g/mol. The molecule has 1 saturated heterocycles. The number of thiazole rings is 1. The van der Waals surface area contributed by atoms with Crippen molar-refractivity contribution >= 4 is 40.6 Å². The molecule has 2 aromatic rings. The van der Waals surface area contributed by atoms with E-state index in [0.717, 1.165) is 15.5 Å². The van der Waals surface area contributed by atoms with Gasteiger partial charge >= 0.3 is 12.0 Å². The molecule has 0 aromatic carbocycles. The first kappa shape index (κ1) is 18.5. The summed E-state index contributed by atoms with van der Waals surface area (Å²) in [5.74, 6) is -1.01. The predicted octanol–water partition coefficient (Wildman–Crippen LogP) is 3.03. The third-order valence-corrected chi connectivity index (χ3v) is 6.06. The second kappa shape index (κ2) is 7.55. The molecular formula is C17H19N3O4S2. The first-order valence-corrected chi connectivity index (χ1v) is 10.1. The molecule has 0 bridgehead atoms. The Morgan fingerprint density at radius 1 is 1.31 bits per heavy atom. The molecule has 26 heavy (non-hydrogen) atoms. The minimum Gasteiger partial charge on any atom is -0.458 e. The van der Waals surface area contributed by atoms with Crippen molar-refractivity contribution in [3.63, 3.8) is 0 Å². The second-order valence-electron chi connectivity index (χ2n) is 5.93. The fourth-order valence-electron chi connectivity index (χ4n) is 2.77. The van der Waals surface area contributed by atoms with Gasteiger partial charge in [-0.3, -0.25) is 14.5 Å². The van der Waals surface area contributed by atoms with E-state index in [1.165, 1.54) is 11.3 Å². The molecule has 0 atom stereocenters. The number of thiophene rings is 1. The number of amides is 3. The third-order valence-electron chi connectivity index (χ3n) is 4.44. The molecule has 3 amide bonds. The number of ether oxygens (including phenoxy) is 1. The molecule has 1 N–H and O–H groups in total. The fourth-order valence-corrected chi connectivity index (χ4v) is 4.29. The number of nitrogens with zero attached hydrogens (tertiary/aromatic N) is 2. The number of urea groups is 1. The van der Waals surface area contributed by atoms with Crippen LogP contribution < -0.4 is 5.32 Å². The Hall–Kier alpha value is -2.26. The van der Waals surface area contributed by atoms with E-state index in [2.05, 4.69) is 10.3 Å². The monoisotopic (exact) mass is 393 g/mol. The summed E-state index contributed by atoms with van der Waals surface area (Å²) >= 11 is 3.06. The zero-order valence-corrected chi connectivity index (χ0v) is 16.1. The summed E-state index contributed by atoms with van der Waals surface area (Å²) in [6, 6.07) is 1.42. The average Bonchev–Trinajstić information content (AvgIpc) is 3.36. The minimum atomic E-state index is -0.915. The summed E-state index contributed by atoms with van der Waals surface area (Å²) in [4.78, 5) is 41.9. The van der Waals surface area contributed by atoms with Crippen LogP contribution in [-0.4, -0.2) is 39.9 Å². The zero-order chi connectivity index (χ0) is 18.7. The lowest BCUT2D eigenvalue weighted by atomic mass is 9.93. The molecule has 1 aliphatic rings. The van der Waals surface area contributed by atoms with Crippen molar-refractivity contribution in [3.8, 4) is 10.6 Å². The van der Waals surface area contributed by atoms with Crippen molar-refractivity contribution in [2.75, 3.05) is 6.54 Å². The van der Waals surface area contributed by atoms with Gasteiger partial charge in [-0.1, -0.05) is 13.8 Å². The zero-order valence-electron chi connectivity index (χ0n) is 14.5. The van der Waals surface area contributed by atoms with Gasteiger partial charge in [0, 0.05) is 16.3 Å². The van der Waals surface area contributed by atoms with E-state index < -0.39 is 24.1 Å². The molecule has 2 aromatic heterocycles. The largest absolute Gasteiger partial charge is 0.458 e. The Balaban J connectivity index is 1.56. The van der Waals surface area contributed by atoms with Gasteiger partial charge in [0.1, 0.15) is 23.7 Å². The van der Waals surface area contributed by atoms with Crippen molar-refractivity contribution in [3.05, 3.63) is 27.9 Å². The van der Waals surface area contributed by atoms with E-state index in [1.54, 1.807) is 11.3 Å². The van der Waals surface area contributed by atoms with E-state index >= 15 is 0 Å². The van der Waals surface area contributed by atoms with Crippen LogP contribution in [0.3, 0.4) is 0 Å². The number of carbonyl (C=O) groups is 3. The number of hydrogen-bond acceptors (Lipinski definition) is 7. The Morgan fingerprint density at radius 3 is 2.69 bits per heavy atom. The topological polar surface area (TPSA) is 88.6 Å². The number of carbonyl (C=O) groups excluding carboxylic acids is 3. The van der Waals surface area contributed by atoms with Gasteiger partial charge in [0.05, 0.1) is 5.69 Å². The van der Waals surface area contributed by atoms with Crippen molar-refractivity contribution < 1.29 is 19.1 Å². The van der Waals surface area contributed by atoms with Crippen LogP contribution in [0.4, 0.5) is 4.79 Å². The normalized spacial score (nSPS) is 16.0. The Kier molecular flexibility index (Phi) is 5.38. The molecule has 138 valence electrons. The number of hydrogen-bond donors (Lipinski definition) is 1. The van der Waals surface area contributed by atoms with Crippen LogP contribution in [0.5, 0.6) is 0 Å². The molecule has 9 heteroatoms. The molecule has 0 spiro atoms. The Morgan fingerprint density at radius 2 is 2.08 bits per heavy atom. The SMILES string of the molecule is CCC1(CC)NC(=O)N(CC(=O)OCc2csc(-c3ccsc3)n2)C1=O. The molecule has 0 unspecified atom stereocenters. The van der Waals surface area contributed by atoms with Crippen LogP contribution in [0.1, 0.15) is 32.4 Å². The molecule has 1 aliphatic heterocycles. The smallest absolute Gasteiger partial charge is 0.326 e. The van der Waals surface area contributed by atoms with Crippen molar-refractivity contribution in [1.29, 1.82) is 0 Å². The van der Waals surface area contributed by atoms with Gasteiger partial charge in [-0.05, 0) is 24.3 Å². The predicted molar refractivity (Wildman–Crippen MR) is 98.8 cm³/mol. The van der Waals surface area contributed by atoms with Crippen molar-refractivity contribution in [2.45, 2.75) is 38.8 Å². The summed E-state index contributed by atoms with van der Waals surface area (Å²) in [5, 5.41) is 9.35. The Labute approximate surface area is 159 Å². The molecule has 7 nitrogen and oxygen atoms in total. The van der Waals surface area contributed by atoms with Crippen LogP contribution >= 0.6 is 22.7 Å². The molecule has 0 saturated carbocycles. The molecule has 1 fully saturated rings. The molecule has 0 radical (unpaired) electrons. The molecular weight excluding hydrogens is 374 g/mol. The highest BCUT2D eigenvalue weighted by Gasteiger charge is 2.49. The summed E-state index contributed by atoms with van der Waals surface area (Å²) in [5.41, 5.74) is 0.757. The van der Waals surface area contributed by atoms with Gasteiger partial charge < -0.3 is 10.1 Å². The summed E-state index contributed by atoms with van der Waals surface area (Å²) in [6.45, 7) is 3.28. The number of imide groups is 1. The highest BCUT2D eigenvalue weighted by Crippen LogP contribution is 2.26. The molecule has 3 rings (SSSR count). The highest BCUT2D eigenvalue weighted by molar-refractivity contribution is 7.14. The highest BCUT2D eigenvalue weighted by atomic mass is 32.1. The van der Waals surface area contributed by atoms with Crippen LogP contribution in [0, 0.1) is 0 Å². The van der Waals surface area contributed by atoms with Crippen molar-refractivity contribution in [2.24, 2.45) is 0 Å². The first-order valence-electron chi connectivity index (χ1n) is 8.25. The van der Waals surface area contributed by atoms with E-state index in [9.17, 15) is 14.4 Å². The van der Waals surface area contributed by atoms with E-state index in [-0.39, 0.29) is 12.5 Å². The van der Waals surface area contributed by atoms with Gasteiger partial charge in [0.15, 0.2) is 0 Å². The fraction of sp³-hybridized carbons (Fsp3) is 0.412.